The summed E-state index contributed by atoms with van der Waals surface area (Å²) < 4.78 is 0. The van der Waals surface area contributed by atoms with Gasteiger partial charge in [0.05, 0.1) is 0 Å². The van der Waals surface area contributed by atoms with Crippen molar-refractivity contribution in [3.8, 4) is 0 Å². The Morgan fingerprint density at radius 3 is 2.32 bits per heavy atom. The minimum Gasteiger partial charge on any atom is -0.353 e. The molecule has 22 heavy (non-hydrogen) atoms. The van der Waals surface area contributed by atoms with E-state index in [-0.39, 0.29) is 35.7 Å². The number of piperidine rings is 1. The third-order valence-corrected chi connectivity index (χ3v) is 5.17. The molecule has 0 spiro atoms. The maximum atomic E-state index is 12.3. The molecule has 0 bridgehead atoms. The van der Waals surface area contributed by atoms with E-state index in [0.29, 0.717) is 25.9 Å². The summed E-state index contributed by atoms with van der Waals surface area (Å²) in [4.78, 5) is 37.5. The Morgan fingerprint density at radius 1 is 1.05 bits per heavy atom. The lowest BCUT2D eigenvalue weighted by Crippen LogP contribution is -2.51. The van der Waals surface area contributed by atoms with Gasteiger partial charge in [0.15, 0.2) is 0 Å². The predicted molar refractivity (Wildman–Crippen MR) is 80.9 cm³/mol. The Labute approximate surface area is 131 Å². The highest BCUT2D eigenvalue weighted by atomic mass is 16.2. The largest absolute Gasteiger partial charge is 0.353 e. The molecule has 6 nitrogen and oxygen atoms in total. The van der Waals surface area contributed by atoms with Gasteiger partial charge in [0, 0.05) is 31.5 Å². The van der Waals surface area contributed by atoms with Crippen LogP contribution in [-0.4, -0.2) is 47.8 Å². The molecule has 3 aliphatic rings. The Morgan fingerprint density at radius 2 is 1.73 bits per heavy atom. The summed E-state index contributed by atoms with van der Waals surface area (Å²) in [7, 11) is 0. The van der Waals surface area contributed by atoms with E-state index in [9.17, 15) is 14.4 Å². The van der Waals surface area contributed by atoms with Gasteiger partial charge in [-0.25, -0.2) is 0 Å². The number of amides is 3. The van der Waals surface area contributed by atoms with Crippen molar-refractivity contribution in [2.45, 2.75) is 63.5 Å². The Bertz CT molecular complexity index is 452. The van der Waals surface area contributed by atoms with Crippen LogP contribution in [0.4, 0.5) is 0 Å². The number of hydrogen-bond acceptors (Lipinski definition) is 3. The first-order valence-corrected chi connectivity index (χ1v) is 8.52. The molecule has 1 aliphatic carbocycles. The van der Waals surface area contributed by atoms with E-state index in [4.69, 9.17) is 0 Å². The van der Waals surface area contributed by atoms with E-state index in [1.54, 1.807) is 0 Å². The van der Waals surface area contributed by atoms with Gasteiger partial charge in [0.1, 0.15) is 6.04 Å². The van der Waals surface area contributed by atoms with E-state index in [1.807, 2.05) is 4.90 Å². The molecule has 122 valence electrons. The summed E-state index contributed by atoms with van der Waals surface area (Å²) in [5.74, 6) is 0.405. The molecular weight excluding hydrogens is 282 g/mol. The summed E-state index contributed by atoms with van der Waals surface area (Å²) in [6, 6.07) is -0.146. The Balaban J connectivity index is 1.43. The van der Waals surface area contributed by atoms with Crippen LogP contribution in [-0.2, 0) is 14.4 Å². The number of nitrogens with zero attached hydrogens (tertiary/aromatic N) is 1. The van der Waals surface area contributed by atoms with Gasteiger partial charge in [-0.2, -0.15) is 0 Å². The average molecular weight is 307 g/mol. The number of nitrogens with one attached hydrogen (secondary N) is 2. The van der Waals surface area contributed by atoms with E-state index in [1.165, 1.54) is 0 Å². The van der Waals surface area contributed by atoms with Gasteiger partial charge < -0.3 is 15.5 Å². The van der Waals surface area contributed by atoms with Crippen molar-refractivity contribution in [1.29, 1.82) is 0 Å². The van der Waals surface area contributed by atoms with Crippen molar-refractivity contribution in [2.75, 3.05) is 13.1 Å². The van der Waals surface area contributed by atoms with E-state index in [0.717, 1.165) is 38.5 Å². The molecule has 3 rings (SSSR count). The van der Waals surface area contributed by atoms with Crippen molar-refractivity contribution in [1.82, 2.24) is 15.5 Å². The molecule has 0 aromatic heterocycles. The van der Waals surface area contributed by atoms with Gasteiger partial charge in [-0.1, -0.05) is 12.8 Å². The molecule has 0 radical (unpaired) electrons. The quantitative estimate of drug-likeness (QED) is 0.800. The van der Waals surface area contributed by atoms with Gasteiger partial charge in [-0.05, 0) is 32.1 Å². The van der Waals surface area contributed by atoms with Crippen molar-refractivity contribution >= 4 is 17.7 Å². The predicted octanol–water partition coefficient (Wildman–Crippen LogP) is 0.562. The zero-order valence-corrected chi connectivity index (χ0v) is 13.0. The smallest absolute Gasteiger partial charge is 0.245 e. The molecule has 0 aromatic carbocycles. The summed E-state index contributed by atoms with van der Waals surface area (Å²) in [6.07, 6.45) is 7.04. The Kier molecular flexibility index (Phi) is 4.64. The number of carbonyl (C=O) groups is 3. The second-order valence-electron chi connectivity index (χ2n) is 6.75. The first-order valence-electron chi connectivity index (χ1n) is 8.52. The zero-order chi connectivity index (χ0) is 15.5. The molecule has 6 heteroatoms. The summed E-state index contributed by atoms with van der Waals surface area (Å²) in [6.45, 7) is 1.33. The average Bonchev–Trinajstić information content (AvgIpc) is 3.18. The molecule has 2 saturated heterocycles. The maximum absolute atomic E-state index is 12.3. The lowest BCUT2D eigenvalue weighted by atomic mass is 10.0. The fourth-order valence-electron chi connectivity index (χ4n) is 3.77. The van der Waals surface area contributed by atoms with Crippen molar-refractivity contribution in [3.05, 3.63) is 0 Å². The van der Waals surface area contributed by atoms with Crippen LogP contribution in [0.15, 0.2) is 0 Å². The lowest BCUT2D eigenvalue weighted by Gasteiger charge is -2.34. The molecular formula is C16H25N3O3. The van der Waals surface area contributed by atoms with Crippen LogP contribution < -0.4 is 10.6 Å². The van der Waals surface area contributed by atoms with Gasteiger partial charge in [0.2, 0.25) is 17.7 Å². The maximum Gasteiger partial charge on any atom is 0.245 e. The molecule has 3 amide bonds. The van der Waals surface area contributed by atoms with Gasteiger partial charge in [0.25, 0.3) is 0 Å². The number of likely N-dealkylation sites (tertiary alicyclic amines) is 1. The molecule has 2 N–H and O–H groups in total. The minimum atomic E-state index is -0.336. The first kappa shape index (κ1) is 15.3. The van der Waals surface area contributed by atoms with Crippen LogP contribution in [0.25, 0.3) is 0 Å². The first-order chi connectivity index (χ1) is 10.6. The standard InChI is InChI=1S/C16H25N3O3/c20-14-6-5-13(18-14)16(22)19-9-7-12(8-10-19)17-15(21)11-3-1-2-4-11/h11-13H,1-10H2,(H,17,21)(H,18,20). The lowest BCUT2D eigenvalue weighted by molar-refractivity contribution is -0.135. The van der Waals surface area contributed by atoms with Crippen LogP contribution >= 0.6 is 0 Å². The molecule has 1 saturated carbocycles. The van der Waals surface area contributed by atoms with Gasteiger partial charge in [-0.15, -0.1) is 0 Å². The van der Waals surface area contributed by atoms with Gasteiger partial charge in [-0.3, -0.25) is 14.4 Å². The summed E-state index contributed by atoms with van der Waals surface area (Å²) in [5, 5.41) is 5.88. The monoisotopic (exact) mass is 307 g/mol. The second-order valence-corrected chi connectivity index (χ2v) is 6.75. The topological polar surface area (TPSA) is 78.5 Å². The van der Waals surface area contributed by atoms with E-state index < -0.39 is 0 Å². The van der Waals surface area contributed by atoms with Crippen LogP contribution in [0.3, 0.4) is 0 Å². The highest BCUT2D eigenvalue weighted by Crippen LogP contribution is 2.25. The highest BCUT2D eigenvalue weighted by Gasteiger charge is 2.33. The highest BCUT2D eigenvalue weighted by molar-refractivity contribution is 5.90. The van der Waals surface area contributed by atoms with E-state index in [2.05, 4.69) is 10.6 Å². The third kappa shape index (κ3) is 3.42. The van der Waals surface area contributed by atoms with Crippen molar-refractivity contribution < 1.29 is 14.4 Å². The third-order valence-electron chi connectivity index (χ3n) is 5.17. The molecule has 1 atom stereocenters. The molecule has 2 heterocycles. The molecule has 1 unspecified atom stereocenters. The van der Waals surface area contributed by atoms with Crippen LogP contribution in [0.1, 0.15) is 51.4 Å². The van der Waals surface area contributed by atoms with E-state index >= 15 is 0 Å². The fraction of sp³-hybridized carbons (Fsp3) is 0.812. The van der Waals surface area contributed by atoms with Crippen LogP contribution in [0.5, 0.6) is 0 Å². The Hall–Kier alpha value is -1.59. The zero-order valence-electron chi connectivity index (χ0n) is 13.0. The van der Waals surface area contributed by atoms with Gasteiger partial charge >= 0.3 is 0 Å². The second kappa shape index (κ2) is 6.67. The summed E-state index contributed by atoms with van der Waals surface area (Å²) >= 11 is 0. The summed E-state index contributed by atoms with van der Waals surface area (Å²) in [5.41, 5.74) is 0. The fourth-order valence-corrected chi connectivity index (χ4v) is 3.77. The number of rotatable bonds is 3. The minimum absolute atomic E-state index is 0.0305. The van der Waals surface area contributed by atoms with Crippen LogP contribution in [0, 0.1) is 5.92 Å². The van der Waals surface area contributed by atoms with Crippen molar-refractivity contribution in [3.63, 3.8) is 0 Å². The normalized spacial score (nSPS) is 27.0. The van der Waals surface area contributed by atoms with Crippen molar-refractivity contribution in [2.24, 2.45) is 5.92 Å². The number of hydrogen-bond donors (Lipinski definition) is 2. The van der Waals surface area contributed by atoms with Crippen LogP contribution in [0.2, 0.25) is 0 Å². The molecule has 0 aromatic rings. The molecule has 2 aliphatic heterocycles. The number of carbonyl (C=O) groups excluding carboxylic acids is 3. The SMILES string of the molecule is O=C1CCC(C(=O)N2CCC(NC(=O)C3CCCC3)CC2)N1. The molecule has 3 fully saturated rings.